The molecule has 2 aromatic carbocycles. The van der Waals surface area contributed by atoms with Gasteiger partial charge in [0.25, 0.3) is 5.09 Å². The minimum Gasteiger partial charge on any atom is -0.337 e. The summed E-state index contributed by atoms with van der Waals surface area (Å²) in [5, 5.41) is 16.2. The van der Waals surface area contributed by atoms with Crippen LogP contribution < -0.4 is 0 Å². The molecule has 6 nitrogen and oxygen atoms in total. The van der Waals surface area contributed by atoms with Gasteiger partial charge in [-0.1, -0.05) is 58.5 Å². The van der Waals surface area contributed by atoms with Crippen molar-refractivity contribution in [2.75, 3.05) is 0 Å². The second-order valence-corrected chi connectivity index (χ2v) is 7.43. The summed E-state index contributed by atoms with van der Waals surface area (Å²) in [4.78, 5) is 12.5. The summed E-state index contributed by atoms with van der Waals surface area (Å²) in [6.07, 6.45) is 6.14. The van der Waals surface area contributed by atoms with E-state index in [1.807, 2.05) is 41.1 Å². The Kier molecular flexibility index (Phi) is 8.38. The number of hydrogen-bond donors (Lipinski definition) is 1. The summed E-state index contributed by atoms with van der Waals surface area (Å²) in [7, 11) is 0. The van der Waals surface area contributed by atoms with Crippen LogP contribution in [0.2, 0.25) is 20.1 Å². The summed E-state index contributed by atoms with van der Waals surface area (Å²) >= 11 is 25.2. The first-order chi connectivity index (χ1) is 13.3. The van der Waals surface area contributed by atoms with E-state index >= 15 is 0 Å². The standard InChI is InChI=1S/C18H14Cl4N2.HNO3/c19-14-5-4-12(17(22)9-14)8-13(10-24-7-6-23-11-24)18-15(20)2-1-3-16(18)21;2-1(3)4/h1-7,9,11,13H,8,10H2;(H,2,3,4). The quantitative estimate of drug-likeness (QED) is 0.362. The molecule has 28 heavy (non-hydrogen) atoms. The van der Waals surface area contributed by atoms with Crippen molar-refractivity contribution in [2.24, 2.45) is 0 Å². The Hall–Kier alpha value is -1.99. The van der Waals surface area contributed by atoms with Crippen molar-refractivity contribution in [2.45, 2.75) is 18.9 Å². The average Bonchev–Trinajstić information content (AvgIpc) is 3.09. The topological polar surface area (TPSA) is 81.2 Å². The molecule has 3 aromatic rings. The fourth-order valence-corrected chi connectivity index (χ4v) is 3.95. The number of nitrogens with zero attached hydrogens (tertiary/aromatic N) is 3. The molecular weight excluding hydrogens is 448 g/mol. The Balaban J connectivity index is 0.000000640. The lowest BCUT2D eigenvalue weighted by Crippen LogP contribution is -2.12. The second kappa shape index (κ2) is 10.5. The zero-order valence-corrected chi connectivity index (χ0v) is 17.3. The van der Waals surface area contributed by atoms with Crippen LogP contribution in [0.1, 0.15) is 17.0 Å². The van der Waals surface area contributed by atoms with E-state index in [0.717, 1.165) is 11.1 Å². The largest absolute Gasteiger partial charge is 0.337 e. The summed E-state index contributed by atoms with van der Waals surface area (Å²) in [5.41, 5.74) is 1.92. The molecule has 148 valence electrons. The molecule has 0 aliphatic carbocycles. The van der Waals surface area contributed by atoms with Gasteiger partial charge < -0.3 is 9.77 Å². The molecule has 1 heterocycles. The zero-order valence-electron chi connectivity index (χ0n) is 14.3. The van der Waals surface area contributed by atoms with Gasteiger partial charge in [0, 0.05) is 44.9 Å². The van der Waals surface area contributed by atoms with Gasteiger partial charge in [-0.2, -0.15) is 0 Å². The van der Waals surface area contributed by atoms with Crippen LogP contribution in [-0.4, -0.2) is 19.8 Å². The highest BCUT2D eigenvalue weighted by Gasteiger charge is 2.20. The average molecular weight is 463 g/mol. The van der Waals surface area contributed by atoms with Gasteiger partial charge in [0.15, 0.2) is 0 Å². The van der Waals surface area contributed by atoms with Crippen molar-refractivity contribution in [3.8, 4) is 0 Å². The van der Waals surface area contributed by atoms with Crippen LogP contribution >= 0.6 is 46.4 Å². The maximum absolute atomic E-state index is 8.36. The third-order valence-corrected chi connectivity index (χ3v) is 5.13. The van der Waals surface area contributed by atoms with Gasteiger partial charge in [0.1, 0.15) is 0 Å². The summed E-state index contributed by atoms with van der Waals surface area (Å²) in [6, 6.07) is 11.1. The lowest BCUT2D eigenvalue weighted by molar-refractivity contribution is -0.742. The highest BCUT2D eigenvalue weighted by atomic mass is 35.5. The van der Waals surface area contributed by atoms with E-state index in [1.54, 1.807) is 18.6 Å². The summed E-state index contributed by atoms with van der Waals surface area (Å²) in [6.45, 7) is 0.697. The first-order valence-corrected chi connectivity index (χ1v) is 9.46. The molecule has 0 fully saturated rings. The van der Waals surface area contributed by atoms with E-state index in [4.69, 9.17) is 61.7 Å². The highest BCUT2D eigenvalue weighted by molar-refractivity contribution is 6.36. The number of hydrogen-bond acceptors (Lipinski definition) is 3. The summed E-state index contributed by atoms with van der Waals surface area (Å²) < 4.78 is 2.01. The van der Waals surface area contributed by atoms with Crippen LogP contribution in [0.25, 0.3) is 0 Å². The number of aromatic nitrogens is 2. The lowest BCUT2D eigenvalue weighted by atomic mass is 9.91. The normalized spacial score (nSPS) is 11.4. The molecule has 0 saturated heterocycles. The van der Waals surface area contributed by atoms with Crippen LogP contribution in [0.3, 0.4) is 0 Å². The SMILES string of the molecule is Clc1ccc(CC(Cn2ccnc2)c2c(Cl)cccc2Cl)c(Cl)c1.O=[N+]([O-])O. The first-order valence-electron chi connectivity index (χ1n) is 7.94. The second-order valence-electron chi connectivity index (χ2n) is 5.77. The molecule has 0 spiro atoms. The number of halogens is 4. The van der Waals surface area contributed by atoms with Crippen molar-refractivity contribution >= 4 is 46.4 Å². The molecule has 0 bridgehead atoms. The van der Waals surface area contributed by atoms with Crippen molar-refractivity contribution in [3.63, 3.8) is 0 Å². The highest BCUT2D eigenvalue weighted by Crippen LogP contribution is 2.36. The Morgan fingerprint density at radius 3 is 2.29 bits per heavy atom. The van der Waals surface area contributed by atoms with Crippen LogP contribution in [0.5, 0.6) is 0 Å². The van der Waals surface area contributed by atoms with Gasteiger partial charge in [-0.25, -0.2) is 4.98 Å². The van der Waals surface area contributed by atoms with Crippen molar-refractivity contribution in [1.82, 2.24) is 9.55 Å². The first kappa shape index (κ1) is 22.3. The Bertz CT molecular complexity index is 912. The maximum Gasteiger partial charge on any atom is 0.291 e. The zero-order chi connectivity index (χ0) is 20.7. The molecule has 1 unspecified atom stereocenters. The molecule has 0 aliphatic rings. The molecule has 1 N–H and O–H groups in total. The molecule has 1 atom stereocenters. The Labute approximate surface area is 181 Å². The van der Waals surface area contributed by atoms with Crippen LogP contribution in [0.15, 0.2) is 55.1 Å². The van der Waals surface area contributed by atoms with Crippen LogP contribution in [-0.2, 0) is 13.0 Å². The number of imidazole rings is 1. The van der Waals surface area contributed by atoms with E-state index in [-0.39, 0.29) is 5.92 Å². The summed E-state index contributed by atoms with van der Waals surface area (Å²) in [5.74, 6) is 0.0547. The van der Waals surface area contributed by atoms with E-state index in [9.17, 15) is 0 Å². The minimum atomic E-state index is -1.50. The van der Waals surface area contributed by atoms with Gasteiger partial charge in [0.2, 0.25) is 0 Å². The smallest absolute Gasteiger partial charge is 0.291 e. The van der Waals surface area contributed by atoms with Gasteiger partial charge in [-0.05, 0) is 41.8 Å². The Morgan fingerprint density at radius 1 is 1.11 bits per heavy atom. The lowest BCUT2D eigenvalue weighted by Gasteiger charge is -2.21. The van der Waals surface area contributed by atoms with Gasteiger partial charge in [-0.3, -0.25) is 0 Å². The molecule has 0 saturated carbocycles. The number of benzene rings is 2. The van der Waals surface area contributed by atoms with Gasteiger partial charge in [-0.15, -0.1) is 10.1 Å². The third-order valence-electron chi connectivity index (χ3n) is 3.88. The fourth-order valence-electron chi connectivity index (χ4n) is 2.76. The molecule has 0 radical (unpaired) electrons. The predicted octanol–water partition coefficient (Wildman–Crippen LogP) is 6.18. The minimum absolute atomic E-state index is 0.0547. The van der Waals surface area contributed by atoms with Gasteiger partial charge in [0.05, 0.1) is 6.33 Å². The molecule has 0 amide bonds. The van der Waals surface area contributed by atoms with Gasteiger partial charge >= 0.3 is 0 Å². The molecule has 0 aliphatic heterocycles. The molecule has 10 heteroatoms. The van der Waals surface area contributed by atoms with E-state index < -0.39 is 5.09 Å². The number of rotatable bonds is 5. The maximum atomic E-state index is 8.36. The van der Waals surface area contributed by atoms with Crippen molar-refractivity contribution < 1.29 is 10.3 Å². The molecule has 3 rings (SSSR count). The van der Waals surface area contributed by atoms with Crippen molar-refractivity contribution in [1.29, 1.82) is 0 Å². The monoisotopic (exact) mass is 461 g/mol. The van der Waals surface area contributed by atoms with Crippen molar-refractivity contribution in [3.05, 3.63) is 96.5 Å². The van der Waals surface area contributed by atoms with E-state index in [1.165, 1.54) is 0 Å². The fraction of sp³-hybridized carbons (Fsp3) is 0.167. The van der Waals surface area contributed by atoms with E-state index in [2.05, 4.69) is 4.98 Å². The van der Waals surface area contributed by atoms with Crippen LogP contribution in [0.4, 0.5) is 0 Å². The predicted molar refractivity (Wildman–Crippen MR) is 110 cm³/mol. The van der Waals surface area contributed by atoms with E-state index in [0.29, 0.717) is 33.1 Å². The molecule has 1 aromatic heterocycles. The Morgan fingerprint density at radius 2 is 1.75 bits per heavy atom. The molecular formula is C18H15Cl4N3O3. The third kappa shape index (κ3) is 6.56. The van der Waals surface area contributed by atoms with Crippen LogP contribution in [0, 0.1) is 10.1 Å².